The first kappa shape index (κ1) is 16.3. The van der Waals surface area contributed by atoms with Crippen LogP contribution in [0.4, 0.5) is 0 Å². The van der Waals surface area contributed by atoms with E-state index in [4.69, 9.17) is 4.74 Å². The van der Waals surface area contributed by atoms with Crippen LogP contribution in [0.5, 0.6) is 5.75 Å². The molecule has 2 aromatic carbocycles. The van der Waals surface area contributed by atoms with E-state index in [9.17, 15) is 0 Å². The average Bonchev–Trinajstić information content (AvgIpc) is 2.50. The van der Waals surface area contributed by atoms with Crippen LogP contribution in [-0.4, -0.2) is 19.2 Å². The lowest BCUT2D eigenvalue weighted by molar-refractivity contribution is 0.206. The van der Waals surface area contributed by atoms with Gasteiger partial charge in [-0.3, -0.25) is 0 Å². The Morgan fingerprint density at radius 1 is 1.14 bits per heavy atom. The number of ether oxygens (including phenoxy) is 1. The molecule has 2 nitrogen and oxygen atoms in total. The van der Waals surface area contributed by atoms with Crippen molar-refractivity contribution in [1.82, 2.24) is 5.32 Å². The van der Waals surface area contributed by atoms with Crippen LogP contribution < -0.4 is 10.1 Å². The molecule has 0 saturated carbocycles. The quantitative estimate of drug-likeness (QED) is 0.665. The fourth-order valence-corrected chi connectivity index (χ4v) is 2.98. The molecule has 0 aliphatic rings. The van der Waals surface area contributed by atoms with Crippen LogP contribution in [0.15, 0.2) is 40.9 Å². The molecule has 21 heavy (non-hydrogen) atoms. The van der Waals surface area contributed by atoms with Crippen molar-refractivity contribution in [2.75, 3.05) is 13.1 Å². The van der Waals surface area contributed by atoms with Crippen molar-refractivity contribution in [2.45, 2.75) is 39.2 Å². The van der Waals surface area contributed by atoms with Gasteiger partial charge in [-0.05, 0) is 72.0 Å². The van der Waals surface area contributed by atoms with Crippen molar-refractivity contribution >= 4 is 26.7 Å². The summed E-state index contributed by atoms with van der Waals surface area (Å²) in [6.45, 7) is 6.50. The average molecular weight is 350 g/mol. The van der Waals surface area contributed by atoms with Crippen LogP contribution in [0, 0.1) is 0 Å². The minimum atomic E-state index is 0.228. The third kappa shape index (κ3) is 4.72. The summed E-state index contributed by atoms with van der Waals surface area (Å²) in [6.07, 6.45) is 3.63. The summed E-state index contributed by atoms with van der Waals surface area (Å²) in [5.41, 5.74) is 0. The van der Waals surface area contributed by atoms with Gasteiger partial charge in [-0.25, -0.2) is 0 Å². The number of hydrogen-bond donors (Lipinski definition) is 1. The normalized spacial score (nSPS) is 12.5. The SMILES string of the molecule is CCCNCCCC(C)Oc1ccc2ccccc2c1Br. The van der Waals surface area contributed by atoms with Gasteiger partial charge in [-0.15, -0.1) is 0 Å². The predicted molar refractivity (Wildman–Crippen MR) is 94.1 cm³/mol. The van der Waals surface area contributed by atoms with E-state index in [1.165, 1.54) is 17.2 Å². The Hall–Kier alpha value is -1.06. The summed E-state index contributed by atoms with van der Waals surface area (Å²) in [4.78, 5) is 0. The highest BCUT2D eigenvalue weighted by Crippen LogP contribution is 2.33. The van der Waals surface area contributed by atoms with Gasteiger partial charge in [0.2, 0.25) is 0 Å². The molecule has 0 spiro atoms. The maximum Gasteiger partial charge on any atom is 0.134 e. The minimum Gasteiger partial charge on any atom is -0.490 e. The van der Waals surface area contributed by atoms with Gasteiger partial charge in [0, 0.05) is 0 Å². The molecule has 0 saturated heterocycles. The molecule has 3 heteroatoms. The Kier molecular flexibility index (Phi) is 6.52. The highest BCUT2D eigenvalue weighted by Gasteiger charge is 2.09. The van der Waals surface area contributed by atoms with E-state index in [1.807, 2.05) is 0 Å². The molecule has 1 unspecified atom stereocenters. The van der Waals surface area contributed by atoms with Gasteiger partial charge in [0.1, 0.15) is 5.75 Å². The number of rotatable bonds is 8. The first-order chi connectivity index (χ1) is 10.2. The van der Waals surface area contributed by atoms with Gasteiger partial charge in [-0.1, -0.05) is 37.3 Å². The Balaban J connectivity index is 1.92. The molecule has 0 aliphatic carbocycles. The van der Waals surface area contributed by atoms with Gasteiger partial charge in [-0.2, -0.15) is 0 Å². The van der Waals surface area contributed by atoms with Crippen LogP contribution in [0.25, 0.3) is 10.8 Å². The molecule has 114 valence electrons. The lowest BCUT2D eigenvalue weighted by Crippen LogP contribution is -2.19. The third-order valence-electron chi connectivity index (χ3n) is 3.55. The second-order valence-electron chi connectivity index (χ2n) is 5.42. The molecule has 0 aromatic heterocycles. The minimum absolute atomic E-state index is 0.228. The van der Waals surface area contributed by atoms with Crippen molar-refractivity contribution in [3.63, 3.8) is 0 Å². The second kappa shape index (κ2) is 8.40. The Morgan fingerprint density at radius 2 is 1.95 bits per heavy atom. The molecular weight excluding hydrogens is 326 g/mol. The highest BCUT2D eigenvalue weighted by atomic mass is 79.9. The van der Waals surface area contributed by atoms with Crippen LogP contribution in [0.1, 0.15) is 33.1 Å². The largest absolute Gasteiger partial charge is 0.490 e. The summed E-state index contributed by atoms with van der Waals surface area (Å²) in [5.74, 6) is 0.933. The molecule has 2 aromatic rings. The number of benzene rings is 2. The molecule has 0 radical (unpaired) electrons. The highest BCUT2D eigenvalue weighted by molar-refractivity contribution is 9.10. The van der Waals surface area contributed by atoms with Gasteiger partial charge in [0.25, 0.3) is 0 Å². The van der Waals surface area contributed by atoms with Crippen LogP contribution in [0.2, 0.25) is 0 Å². The van der Waals surface area contributed by atoms with Gasteiger partial charge < -0.3 is 10.1 Å². The smallest absolute Gasteiger partial charge is 0.134 e. The summed E-state index contributed by atoms with van der Waals surface area (Å²) in [7, 11) is 0. The topological polar surface area (TPSA) is 21.3 Å². The summed E-state index contributed by atoms with van der Waals surface area (Å²) in [5, 5.41) is 5.86. The first-order valence-electron chi connectivity index (χ1n) is 7.77. The monoisotopic (exact) mass is 349 g/mol. The Labute approximate surface area is 136 Å². The summed E-state index contributed by atoms with van der Waals surface area (Å²) < 4.78 is 7.14. The van der Waals surface area contributed by atoms with Crippen molar-refractivity contribution in [2.24, 2.45) is 0 Å². The van der Waals surface area contributed by atoms with Gasteiger partial charge in [0.15, 0.2) is 0 Å². The zero-order valence-corrected chi connectivity index (χ0v) is 14.4. The fraction of sp³-hybridized carbons (Fsp3) is 0.444. The van der Waals surface area contributed by atoms with Gasteiger partial charge in [0.05, 0.1) is 10.6 Å². The van der Waals surface area contributed by atoms with Crippen molar-refractivity contribution in [3.8, 4) is 5.75 Å². The van der Waals surface area contributed by atoms with Crippen molar-refractivity contribution in [1.29, 1.82) is 0 Å². The maximum absolute atomic E-state index is 6.09. The van der Waals surface area contributed by atoms with Crippen molar-refractivity contribution in [3.05, 3.63) is 40.9 Å². The van der Waals surface area contributed by atoms with Crippen LogP contribution in [-0.2, 0) is 0 Å². The summed E-state index contributed by atoms with van der Waals surface area (Å²) >= 11 is 3.68. The molecule has 0 fully saturated rings. The van der Waals surface area contributed by atoms with E-state index in [-0.39, 0.29) is 6.10 Å². The predicted octanol–water partition coefficient (Wildman–Crippen LogP) is 5.15. The Morgan fingerprint density at radius 3 is 2.76 bits per heavy atom. The van der Waals surface area contributed by atoms with Crippen LogP contribution in [0.3, 0.4) is 0 Å². The Bertz CT molecular complexity index is 570. The van der Waals surface area contributed by atoms with E-state index >= 15 is 0 Å². The third-order valence-corrected chi connectivity index (χ3v) is 4.36. The van der Waals surface area contributed by atoms with E-state index in [0.717, 1.165) is 36.2 Å². The molecule has 1 N–H and O–H groups in total. The molecule has 1 atom stereocenters. The molecule has 0 aliphatic heterocycles. The number of hydrogen-bond acceptors (Lipinski definition) is 2. The van der Waals surface area contributed by atoms with E-state index in [0.29, 0.717) is 0 Å². The van der Waals surface area contributed by atoms with E-state index in [2.05, 4.69) is 71.5 Å². The number of fused-ring (bicyclic) bond motifs is 1. The molecular formula is C18H24BrNO. The molecule has 0 bridgehead atoms. The standard InChI is InChI=1S/C18H24BrNO/c1-3-12-20-13-6-7-14(2)21-17-11-10-15-8-4-5-9-16(15)18(17)19/h4-5,8-11,14,20H,3,6-7,12-13H2,1-2H3. The zero-order chi connectivity index (χ0) is 15.1. The van der Waals surface area contributed by atoms with Crippen molar-refractivity contribution < 1.29 is 4.74 Å². The molecule has 0 amide bonds. The lowest BCUT2D eigenvalue weighted by atomic mass is 10.1. The number of nitrogens with one attached hydrogen (secondary N) is 1. The number of halogens is 1. The van der Waals surface area contributed by atoms with E-state index < -0.39 is 0 Å². The van der Waals surface area contributed by atoms with Gasteiger partial charge >= 0.3 is 0 Å². The molecule has 0 heterocycles. The second-order valence-corrected chi connectivity index (χ2v) is 6.21. The first-order valence-corrected chi connectivity index (χ1v) is 8.56. The lowest BCUT2D eigenvalue weighted by Gasteiger charge is -2.17. The summed E-state index contributed by atoms with van der Waals surface area (Å²) in [6, 6.07) is 12.5. The van der Waals surface area contributed by atoms with E-state index in [1.54, 1.807) is 0 Å². The maximum atomic E-state index is 6.09. The fourth-order valence-electron chi connectivity index (χ4n) is 2.40. The molecule has 2 rings (SSSR count). The van der Waals surface area contributed by atoms with Crippen LogP contribution >= 0.6 is 15.9 Å². The zero-order valence-electron chi connectivity index (χ0n) is 12.9.